The van der Waals surface area contributed by atoms with Gasteiger partial charge in [-0.05, 0) is 25.2 Å². The Kier molecular flexibility index (Phi) is 4.58. The molecule has 1 aliphatic carbocycles. The summed E-state index contributed by atoms with van der Waals surface area (Å²) >= 11 is 0. The van der Waals surface area contributed by atoms with Crippen LogP contribution in [0.4, 0.5) is 0 Å². The van der Waals surface area contributed by atoms with Gasteiger partial charge in [-0.2, -0.15) is 0 Å². The third-order valence-corrected chi connectivity index (χ3v) is 3.14. The molecule has 1 rings (SSSR count). The van der Waals surface area contributed by atoms with Crippen LogP contribution in [0, 0.1) is 11.8 Å². The standard InChI is InChI=1S/C12H23NO2/c1-8(2)11(7-10-5-6-10)13-12(14)9(3)15-4/h8-11H,5-7H2,1-4H3,(H,13,14)/t9-,11-/m0/s1. The molecule has 0 bridgehead atoms. The van der Waals surface area contributed by atoms with Crippen molar-refractivity contribution in [1.29, 1.82) is 0 Å². The number of hydrogen-bond donors (Lipinski definition) is 1. The predicted octanol–water partition coefficient (Wildman–Crippen LogP) is 1.96. The van der Waals surface area contributed by atoms with E-state index in [1.165, 1.54) is 12.8 Å². The maximum absolute atomic E-state index is 11.7. The highest BCUT2D eigenvalue weighted by atomic mass is 16.5. The van der Waals surface area contributed by atoms with Gasteiger partial charge in [0.05, 0.1) is 0 Å². The lowest BCUT2D eigenvalue weighted by atomic mass is 9.98. The second-order valence-corrected chi connectivity index (χ2v) is 4.92. The molecule has 1 N–H and O–H groups in total. The van der Waals surface area contributed by atoms with Gasteiger partial charge in [-0.15, -0.1) is 0 Å². The summed E-state index contributed by atoms with van der Waals surface area (Å²) in [6.07, 6.45) is 3.45. The quantitative estimate of drug-likeness (QED) is 0.732. The van der Waals surface area contributed by atoms with Gasteiger partial charge in [0.1, 0.15) is 6.10 Å². The van der Waals surface area contributed by atoms with Crippen LogP contribution in [0.1, 0.15) is 40.0 Å². The van der Waals surface area contributed by atoms with Gasteiger partial charge in [-0.3, -0.25) is 4.79 Å². The van der Waals surface area contributed by atoms with Crippen LogP contribution in [0.3, 0.4) is 0 Å². The van der Waals surface area contributed by atoms with Crippen molar-refractivity contribution in [3.8, 4) is 0 Å². The largest absolute Gasteiger partial charge is 0.372 e. The fourth-order valence-electron chi connectivity index (χ4n) is 1.62. The van der Waals surface area contributed by atoms with Crippen molar-refractivity contribution >= 4 is 5.91 Å². The van der Waals surface area contributed by atoms with E-state index in [-0.39, 0.29) is 12.0 Å². The average Bonchev–Trinajstić information content (AvgIpc) is 2.99. The Morgan fingerprint density at radius 1 is 1.40 bits per heavy atom. The zero-order chi connectivity index (χ0) is 11.4. The molecule has 0 aromatic rings. The van der Waals surface area contributed by atoms with Gasteiger partial charge in [-0.1, -0.05) is 26.7 Å². The summed E-state index contributed by atoms with van der Waals surface area (Å²) in [4.78, 5) is 11.7. The summed E-state index contributed by atoms with van der Waals surface area (Å²) in [5, 5.41) is 3.07. The first-order valence-corrected chi connectivity index (χ1v) is 5.87. The van der Waals surface area contributed by atoms with E-state index in [1.54, 1.807) is 14.0 Å². The molecule has 2 atom stereocenters. The van der Waals surface area contributed by atoms with E-state index in [2.05, 4.69) is 19.2 Å². The molecule has 1 aliphatic rings. The van der Waals surface area contributed by atoms with Gasteiger partial charge >= 0.3 is 0 Å². The lowest BCUT2D eigenvalue weighted by Crippen LogP contribution is -2.43. The maximum atomic E-state index is 11.7. The van der Waals surface area contributed by atoms with Crippen molar-refractivity contribution < 1.29 is 9.53 Å². The molecule has 0 heterocycles. The molecular formula is C12H23NO2. The lowest BCUT2D eigenvalue weighted by Gasteiger charge is -2.23. The zero-order valence-electron chi connectivity index (χ0n) is 10.2. The fraction of sp³-hybridized carbons (Fsp3) is 0.917. The fourth-order valence-corrected chi connectivity index (χ4v) is 1.62. The number of amides is 1. The predicted molar refractivity (Wildman–Crippen MR) is 60.6 cm³/mol. The van der Waals surface area contributed by atoms with Crippen LogP contribution in [0.15, 0.2) is 0 Å². The molecule has 0 aromatic heterocycles. The Balaban J connectivity index is 2.38. The van der Waals surface area contributed by atoms with E-state index < -0.39 is 0 Å². The Hall–Kier alpha value is -0.570. The van der Waals surface area contributed by atoms with Crippen LogP contribution in [-0.4, -0.2) is 25.2 Å². The summed E-state index contributed by atoms with van der Waals surface area (Å²) in [5.74, 6) is 1.35. The SMILES string of the molecule is CO[C@@H](C)C(=O)N[C@@H](CC1CC1)C(C)C. The Morgan fingerprint density at radius 2 is 2.00 bits per heavy atom. The second kappa shape index (κ2) is 5.50. The van der Waals surface area contributed by atoms with E-state index in [9.17, 15) is 4.79 Å². The molecule has 0 saturated heterocycles. The summed E-state index contributed by atoms with van der Waals surface area (Å²) in [6, 6.07) is 0.308. The molecule has 1 fully saturated rings. The van der Waals surface area contributed by atoms with E-state index in [0.29, 0.717) is 12.0 Å². The highest BCUT2D eigenvalue weighted by Gasteiger charge is 2.28. The van der Waals surface area contributed by atoms with Crippen molar-refractivity contribution in [2.45, 2.75) is 52.2 Å². The summed E-state index contributed by atoms with van der Waals surface area (Å²) < 4.78 is 5.00. The number of rotatable bonds is 6. The van der Waals surface area contributed by atoms with Crippen LogP contribution in [-0.2, 0) is 9.53 Å². The highest BCUT2D eigenvalue weighted by molar-refractivity contribution is 5.80. The first kappa shape index (κ1) is 12.5. The Bertz CT molecular complexity index is 212. The monoisotopic (exact) mass is 213 g/mol. The smallest absolute Gasteiger partial charge is 0.249 e. The van der Waals surface area contributed by atoms with Crippen molar-refractivity contribution in [3.05, 3.63) is 0 Å². The van der Waals surface area contributed by atoms with E-state index >= 15 is 0 Å². The lowest BCUT2D eigenvalue weighted by molar-refractivity contribution is -0.131. The number of carbonyl (C=O) groups is 1. The van der Waals surface area contributed by atoms with Crippen LogP contribution in [0.25, 0.3) is 0 Å². The van der Waals surface area contributed by atoms with Crippen molar-refractivity contribution in [2.24, 2.45) is 11.8 Å². The molecule has 3 heteroatoms. The Labute approximate surface area is 92.6 Å². The molecule has 0 aliphatic heterocycles. The minimum absolute atomic E-state index is 0.0110. The molecule has 0 unspecified atom stereocenters. The minimum Gasteiger partial charge on any atom is -0.372 e. The highest BCUT2D eigenvalue weighted by Crippen LogP contribution is 2.34. The van der Waals surface area contributed by atoms with Crippen LogP contribution in [0.5, 0.6) is 0 Å². The number of ether oxygens (including phenoxy) is 1. The third kappa shape index (κ3) is 4.20. The number of hydrogen-bond acceptors (Lipinski definition) is 2. The van der Waals surface area contributed by atoms with Gasteiger partial charge in [0.2, 0.25) is 5.91 Å². The maximum Gasteiger partial charge on any atom is 0.249 e. The van der Waals surface area contributed by atoms with E-state index in [0.717, 1.165) is 12.3 Å². The topological polar surface area (TPSA) is 38.3 Å². The second-order valence-electron chi connectivity index (χ2n) is 4.92. The van der Waals surface area contributed by atoms with E-state index in [4.69, 9.17) is 4.74 Å². The van der Waals surface area contributed by atoms with E-state index in [1.807, 2.05) is 0 Å². The number of methoxy groups -OCH3 is 1. The minimum atomic E-state index is -0.342. The zero-order valence-corrected chi connectivity index (χ0v) is 10.2. The molecule has 0 spiro atoms. The average molecular weight is 213 g/mol. The summed E-state index contributed by atoms with van der Waals surface area (Å²) in [7, 11) is 1.56. The Morgan fingerprint density at radius 3 is 2.40 bits per heavy atom. The van der Waals surface area contributed by atoms with Gasteiger partial charge < -0.3 is 10.1 Å². The van der Waals surface area contributed by atoms with Crippen molar-refractivity contribution in [1.82, 2.24) is 5.32 Å². The van der Waals surface area contributed by atoms with Crippen molar-refractivity contribution in [2.75, 3.05) is 7.11 Å². The molecule has 0 aromatic carbocycles. The first-order valence-electron chi connectivity index (χ1n) is 5.87. The van der Waals surface area contributed by atoms with Gasteiger partial charge in [0, 0.05) is 13.2 Å². The molecule has 88 valence electrons. The normalized spacial score (nSPS) is 20.1. The van der Waals surface area contributed by atoms with Crippen molar-refractivity contribution in [3.63, 3.8) is 0 Å². The van der Waals surface area contributed by atoms with Gasteiger partial charge in [0.15, 0.2) is 0 Å². The van der Waals surface area contributed by atoms with Gasteiger partial charge in [0.25, 0.3) is 0 Å². The molecule has 0 radical (unpaired) electrons. The number of nitrogens with one attached hydrogen (secondary N) is 1. The molecular weight excluding hydrogens is 190 g/mol. The first-order chi connectivity index (χ1) is 7.04. The summed E-state index contributed by atoms with van der Waals surface area (Å²) in [5.41, 5.74) is 0. The third-order valence-electron chi connectivity index (χ3n) is 3.14. The summed E-state index contributed by atoms with van der Waals surface area (Å²) in [6.45, 7) is 6.10. The number of carbonyl (C=O) groups excluding carboxylic acids is 1. The molecule has 1 saturated carbocycles. The molecule has 15 heavy (non-hydrogen) atoms. The molecule has 3 nitrogen and oxygen atoms in total. The van der Waals surface area contributed by atoms with Gasteiger partial charge in [-0.25, -0.2) is 0 Å². The van der Waals surface area contributed by atoms with Crippen LogP contribution >= 0.6 is 0 Å². The molecule has 1 amide bonds. The van der Waals surface area contributed by atoms with Crippen LogP contribution in [0.2, 0.25) is 0 Å². The van der Waals surface area contributed by atoms with Crippen LogP contribution < -0.4 is 5.32 Å².